The van der Waals surface area contributed by atoms with E-state index in [1.165, 1.54) is 6.42 Å². The molecule has 1 saturated heterocycles. The zero-order valence-corrected chi connectivity index (χ0v) is 13.0. The van der Waals surface area contributed by atoms with Crippen molar-refractivity contribution < 1.29 is 4.74 Å². The SMILES string of the molecule is CCC[C@H](Oc1c(C)cc(Cl)cc1Cl)[C@H]1CCNC1. The normalized spacial score (nSPS) is 20.5. The Morgan fingerprint density at radius 2 is 2.21 bits per heavy atom. The molecule has 1 aromatic carbocycles. The highest BCUT2D eigenvalue weighted by Gasteiger charge is 2.26. The quantitative estimate of drug-likeness (QED) is 0.867. The van der Waals surface area contributed by atoms with Crippen LogP contribution in [0.2, 0.25) is 10.0 Å². The van der Waals surface area contributed by atoms with Crippen LogP contribution in [0.1, 0.15) is 31.7 Å². The van der Waals surface area contributed by atoms with Crippen molar-refractivity contribution in [2.45, 2.75) is 39.2 Å². The monoisotopic (exact) mass is 301 g/mol. The molecule has 1 N–H and O–H groups in total. The molecule has 19 heavy (non-hydrogen) atoms. The van der Waals surface area contributed by atoms with Crippen molar-refractivity contribution in [1.82, 2.24) is 5.32 Å². The maximum Gasteiger partial charge on any atom is 0.141 e. The van der Waals surface area contributed by atoms with Crippen LogP contribution in [0.25, 0.3) is 0 Å². The molecular formula is C15H21Cl2NO. The molecule has 0 unspecified atom stereocenters. The number of rotatable bonds is 5. The Morgan fingerprint density at radius 3 is 2.79 bits per heavy atom. The Hall–Kier alpha value is -0.440. The largest absolute Gasteiger partial charge is 0.488 e. The predicted octanol–water partition coefficient (Wildman–Crippen LogP) is 4.46. The van der Waals surface area contributed by atoms with Gasteiger partial charge in [0.05, 0.1) is 5.02 Å². The Morgan fingerprint density at radius 1 is 1.42 bits per heavy atom. The van der Waals surface area contributed by atoms with Gasteiger partial charge in [0.2, 0.25) is 0 Å². The summed E-state index contributed by atoms with van der Waals surface area (Å²) >= 11 is 12.3. The first-order valence-electron chi connectivity index (χ1n) is 6.94. The van der Waals surface area contributed by atoms with Gasteiger partial charge >= 0.3 is 0 Å². The van der Waals surface area contributed by atoms with Gasteiger partial charge in [0, 0.05) is 17.5 Å². The smallest absolute Gasteiger partial charge is 0.141 e. The van der Waals surface area contributed by atoms with Gasteiger partial charge in [-0.2, -0.15) is 0 Å². The highest BCUT2D eigenvalue weighted by atomic mass is 35.5. The van der Waals surface area contributed by atoms with Gasteiger partial charge in [-0.3, -0.25) is 0 Å². The van der Waals surface area contributed by atoms with Crippen molar-refractivity contribution in [3.8, 4) is 5.75 Å². The molecule has 106 valence electrons. The van der Waals surface area contributed by atoms with E-state index in [0.29, 0.717) is 16.0 Å². The number of hydrogen-bond donors (Lipinski definition) is 1. The van der Waals surface area contributed by atoms with Crippen LogP contribution < -0.4 is 10.1 Å². The van der Waals surface area contributed by atoms with Crippen molar-refractivity contribution in [2.24, 2.45) is 5.92 Å². The van der Waals surface area contributed by atoms with E-state index in [0.717, 1.165) is 37.2 Å². The predicted molar refractivity (Wildman–Crippen MR) is 81.5 cm³/mol. The van der Waals surface area contributed by atoms with E-state index >= 15 is 0 Å². The van der Waals surface area contributed by atoms with Crippen molar-refractivity contribution in [1.29, 1.82) is 0 Å². The second-order valence-electron chi connectivity index (χ2n) is 5.23. The number of aryl methyl sites for hydroxylation is 1. The molecule has 0 aliphatic carbocycles. The van der Waals surface area contributed by atoms with Crippen LogP contribution in [0.15, 0.2) is 12.1 Å². The third-order valence-electron chi connectivity index (χ3n) is 3.66. The van der Waals surface area contributed by atoms with Gasteiger partial charge < -0.3 is 10.1 Å². The highest BCUT2D eigenvalue weighted by Crippen LogP contribution is 2.34. The second-order valence-corrected chi connectivity index (χ2v) is 6.08. The lowest BCUT2D eigenvalue weighted by Gasteiger charge is -2.25. The van der Waals surface area contributed by atoms with Gasteiger partial charge in [-0.1, -0.05) is 36.5 Å². The molecule has 1 aliphatic heterocycles. The molecule has 2 atom stereocenters. The molecule has 0 amide bonds. The maximum absolute atomic E-state index is 6.26. The van der Waals surface area contributed by atoms with E-state index in [2.05, 4.69) is 12.2 Å². The van der Waals surface area contributed by atoms with E-state index in [9.17, 15) is 0 Å². The summed E-state index contributed by atoms with van der Waals surface area (Å²) in [5.74, 6) is 1.36. The Labute approximate surface area is 125 Å². The number of ether oxygens (including phenoxy) is 1. The molecule has 0 bridgehead atoms. The van der Waals surface area contributed by atoms with Crippen molar-refractivity contribution >= 4 is 23.2 Å². The molecule has 1 aromatic rings. The molecule has 0 saturated carbocycles. The summed E-state index contributed by atoms with van der Waals surface area (Å²) in [5, 5.41) is 4.67. The van der Waals surface area contributed by atoms with Crippen molar-refractivity contribution in [3.05, 3.63) is 27.7 Å². The molecule has 1 aliphatic rings. The molecule has 0 radical (unpaired) electrons. The number of halogens is 2. The summed E-state index contributed by atoms with van der Waals surface area (Å²) in [7, 11) is 0. The Bertz CT molecular complexity index is 407. The average molecular weight is 302 g/mol. The molecule has 4 heteroatoms. The van der Waals surface area contributed by atoms with Gasteiger partial charge in [0.25, 0.3) is 0 Å². The second kappa shape index (κ2) is 6.83. The van der Waals surface area contributed by atoms with E-state index in [1.54, 1.807) is 6.07 Å². The van der Waals surface area contributed by atoms with E-state index in [1.807, 2.05) is 13.0 Å². The van der Waals surface area contributed by atoms with Gasteiger partial charge in [-0.25, -0.2) is 0 Å². The van der Waals surface area contributed by atoms with Crippen LogP contribution in [-0.2, 0) is 0 Å². The first kappa shape index (κ1) is 15.0. The zero-order chi connectivity index (χ0) is 13.8. The van der Waals surface area contributed by atoms with Crippen LogP contribution in [-0.4, -0.2) is 19.2 Å². The molecule has 0 aromatic heterocycles. The summed E-state index contributed by atoms with van der Waals surface area (Å²) in [6.45, 7) is 6.30. The zero-order valence-electron chi connectivity index (χ0n) is 11.5. The first-order chi connectivity index (χ1) is 9.11. The minimum absolute atomic E-state index is 0.234. The minimum atomic E-state index is 0.234. The fourth-order valence-corrected chi connectivity index (χ4v) is 3.30. The molecule has 0 spiro atoms. The fraction of sp³-hybridized carbons (Fsp3) is 0.600. The summed E-state index contributed by atoms with van der Waals surface area (Å²) in [4.78, 5) is 0. The van der Waals surface area contributed by atoms with Crippen molar-refractivity contribution in [2.75, 3.05) is 13.1 Å². The third-order valence-corrected chi connectivity index (χ3v) is 4.16. The lowest BCUT2D eigenvalue weighted by molar-refractivity contribution is 0.131. The summed E-state index contributed by atoms with van der Waals surface area (Å²) in [5.41, 5.74) is 1.00. The minimum Gasteiger partial charge on any atom is -0.488 e. The Kier molecular flexibility index (Phi) is 5.37. The molecular weight excluding hydrogens is 281 g/mol. The maximum atomic E-state index is 6.26. The molecule has 1 fully saturated rings. The van der Waals surface area contributed by atoms with Gasteiger partial charge in [0.15, 0.2) is 0 Å². The molecule has 1 heterocycles. The number of nitrogens with one attached hydrogen (secondary N) is 1. The lowest BCUT2D eigenvalue weighted by atomic mass is 9.97. The molecule has 2 rings (SSSR count). The van der Waals surface area contributed by atoms with Crippen LogP contribution in [0.4, 0.5) is 0 Å². The van der Waals surface area contributed by atoms with E-state index < -0.39 is 0 Å². The highest BCUT2D eigenvalue weighted by molar-refractivity contribution is 6.35. The van der Waals surface area contributed by atoms with Gasteiger partial charge in [0.1, 0.15) is 11.9 Å². The van der Waals surface area contributed by atoms with Crippen LogP contribution in [0.3, 0.4) is 0 Å². The van der Waals surface area contributed by atoms with Crippen molar-refractivity contribution in [3.63, 3.8) is 0 Å². The number of hydrogen-bond acceptors (Lipinski definition) is 2. The van der Waals surface area contributed by atoms with E-state index in [4.69, 9.17) is 27.9 Å². The van der Waals surface area contributed by atoms with Gasteiger partial charge in [-0.05, 0) is 44.0 Å². The summed E-state index contributed by atoms with van der Waals surface area (Å²) < 4.78 is 6.22. The van der Waals surface area contributed by atoms with Crippen LogP contribution in [0.5, 0.6) is 5.75 Å². The van der Waals surface area contributed by atoms with Crippen LogP contribution in [0, 0.1) is 12.8 Å². The topological polar surface area (TPSA) is 21.3 Å². The fourth-order valence-electron chi connectivity index (χ4n) is 2.66. The average Bonchev–Trinajstić information content (AvgIpc) is 2.85. The summed E-state index contributed by atoms with van der Waals surface area (Å²) in [6.07, 6.45) is 3.59. The van der Waals surface area contributed by atoms with Crippen LogP contribution >= 0.6 is 23.2 Å². The third kappa shape index (κ3) is 3.77. The van der Waals surface area contributed by atoms with E-state index in [-0.39, 0.29) is 6.10 Å². The summed E-state index contributed by atoms with van der Waals surface area (Å²) in [6, 6.07) is 3.65. The lowest BCUT2D eigenvalue weighted by Crippen LogP contribution is -2.29. The standard InChI is InChI=1S/C15H21Cl2NO/c1-3-4-14(11-5-6-18-9-11)19-15-10(2)7-12(16)8-13(15)17/h7-8,11,14,18H,3-6,9H2,1-2H3/t11-,14-/m0/s1. The Balaban J connectivity index is 2.16. The van der Waals surface area contributed by atoms with Gasteiger partial charge in [-0.15, -0.1) is 0 Å². The molecule has 2 nitrogen and oxygen atoms in total. The first-order valence-corrected chi connectivity index (χ1v) is 7.70. The number of benzene rings is 1.